The summed E-state index contributed by atoms with van der Waals surface area (Å²) < 4.78 is 13.9. The monoisotopic (exact) mass is 394 g/mol. The lowest BCUT2D eigenvalue weighted by Gasteiger charge is -2.49. The van der Waals surface area contributed by atoms with Crippen molar-refractivity contribution in [3.63, 3.8) is 0 Å². The Morgan fingerprint density at radius 3 is 2.14 bits per heavy atom. The van der Waals surface area contributed by atoms with Crippen LogP contribution in [0.2, 0.25) is 0 Å². The molecule has 0 aliphatic heterocycles. The number of aliphatic hydroxyl groups is 1. The normalized spacial score (nSPS) is 33.2. The quantitative estimate of drug-likeness (QED) is 0.427. The molecule has 0 aromatic heterocycles. The average molecular weight is 395 g/mol. The van der Waals surface area contributed by atoms with Crippen molar-refractivity contribution >= 4 is 0 Å². The second kappa shape index (κ2) is 11.9. The molecule has 3 aliphatic carbocycles. The summed E-state index contributed by atoms with van der Waals surface area (Å²) in [5, 5.41) is 9.86. The van der Waals surface area contributed by atoms with Gasteiger partial charge in [0.1, 0.15) is 0 Å². The summed E-state index contributed by atoms with van der Waals surface area (Å²) in [5.74, 6) is 0.396. The van der Waals surface area contributed by atoms with Gasteiger partial charge in [0.15, 0.2) is 0 Å². The third kappa shape index (κ3) is 6.44. The van der Waals surface area contributed by atoms with E-state index in [2.05, 4.69) is 6.92 Å². The lowest BCUT2D eigenvalue weighted by molar-refractivity contribution is -0.221. The van der Waals surface area contributed by atoms with Crippen LogP contribution in [0.15, 0.2) is 0 Å². The highest BCUT2D eigenvalue weighted by atomic mass is 16.6. The third-order valence-electron chi connectivity index (χ3n) is 7.68. The third-order valence-corrected chi connectivity index (χ3v) is 7.68. The molecule has 3 heteroatoms. The van der Waals surface area contributed by atoms with Crippen LogP contribution in [0.25, 0.3) is 0 Å². The summed E-state index contributed by atoms with van der Waals surface area (Å²) in [6.45, 7) is 2.59. The number of unbranched alkanes of at least 4 members (excludes halogenated alkanes) is 3. The van der Waals surface area contributed by atoms with Crippen molar-refractivity contribution in [2.45, 2.75) is 146 Å². The van der Waals surface area contributed by atoms with Crippen LogP contribution in [0.5, 0.6) is 0 Å². The lowest BCUT2D eigenvalue weighted by Crippen LogP contribution is -2.54. The molecule has 1 N–H and O–H groups in total. The van der Waals surface area contributed by atoms with Gasteiger partial charge in [-0.05, 0) is 57.3 Å². The van der Waals surface area contributed by atoms with Gasteiger partial charge in [-0.25, -0.2) is 0 Å². The first-order valence-electron chi connectivity index (χ1n) is 12.7. The molecule has 0 bridgehead atoms. The van der Waals surface area contributed by atoms with Gasteiger partial charge in [0.05, 0.1) is 23.9 Å². The maximum atomic E-state index is 9.86. The molecule has 0 aromatic rings. The Bertz CT molecular complexity index is 414. The predicted molar refractivity (Wildman–Crippen MR) is 116 cm³/mol. The second-order valence-corrected chi connectivity index (χ2v) is 9.96. The second-order valence-electron chi connectivity index (χ2n) is 9.96. The van der Waals surface area contributed by atoms with Crippen LogP contribution in [-0.2, 0) is 9.47 Å². The van der Waals surface area contributed by atoms with E-state index in [0.717, 1.165) is 25.7 Å². The minimum Gasteiger partial charge on any atom is -0.396 e. The molecule has 0 aromatic carbocycles. The van der Waals surface area contributed by atoms with Crippen LogP contribution in [-0.4, -0.2) is 35.6 Å². The van der Waals surface area contributed by atoms with Gasteiger partial charge in [0, 0.05) is 6.61 Å². The van der Waals surface area contributed by atoms with Crippen molar-refractivity contribution in [2.75, 3.05) is 6.61 Å². The molecule has 0 saturated heterocycles. The molecule has 3 fully saturated rings. The van der Waals surface area contributed by atoms with Gasteiger partial charge in [-0.1, -0.05) is 71.1 Å². The zero-order valence-corrected chi connectivity index (χ0v) is 18.5. The standard InChI is InChI=1S/C25H46O3/c1-2-3-4-11-17-25(28-23-14-9-6-10-15-23)18-16-21(20-26)19-24(25)27-22-12-7-5-8-13-22/h21-24,26H,2-20H2,1H3. The largest absolute Gasteiger partial charge is 0.396 e. The predicted octanol–water partition coefficient (Wildman–Crippen LogP) is 6.56. The van der Waals surface area contributed by atoms with E-state index in [9.17, 15) is 5.11 Å². The molecule has 0 heterocycles. The topological polar surface area (TPSA) is 38.7 Å². The van der Waals surface area contributed by atoms with E-state index in [1.54, 1.807) is 0 Å². The van der Waals surface area contributed by atoms with Crippen LogP contribution in [0.1, 0.15) is 122 Å². The van der Waals surface area contributed by atoms with Crippen LogP contribution in [0.3, 0.4) is 0 Å². The summed E-state index contributed by atoms with van der Waals surface area (Å²) in [4.78, 5) is 0. The van der Waals surface area contributed by atoms with Crippen molar-refractivity contribution in [1.82, 2.24) is 0 Å². The molecule has 0 amide bonds. The molecular formula is C25H46O3. The Labute approximate surface area is 174 Å². The van der Waals surface area contributed by atoms with E-state index in [-0.39, 0.29) is 11.7 Å². The van der Waals surface area contributed by atoms with Crippen LogP contribution in [0.4, 0.5) is 0 Å². The van der Waals surface area contributed by atoms with E-state index in [1.165, 1.54) is 89.9 Å². The summed E-state index contributed by atoms with van der Waals surface area (Å²) in [6, 6.07) is 0. The molecule has 3 nitrogen and oxygen atoms in total. The molecule has 3 atom stereocenters. The number of hydrogen-bond acceptors (Lipinski definition) is 3. The zero-order chi connectivity index (χ0) is 19.7. The average Bonchev–Trinajstić information content (AvgIpc) is 2.74. The highest BCUT2D eigenvalue weighted by Crippen LogP contribution is 2.44. The van der Waals surface area contributed by atoms with Gasteiger partial charge in [-0.3, -0.25) is 0 Å². The first kappa shape index (κ1) is 22.6. The first-order chi connectivity index (χ1) is 13.8. The van der Waals surface area contributed by atoms with Gasteiger partial charge in [0.25, 0.3) is 0 Å². The molecule has 0 spiro atoms. The molecule has 3 unspecified atom stereocenters. The summed E-state index contributed by atoms with van der Waals surface area (Å²) in [7, 11) is 0. The Morgan fingerprint density at radius 2 is 1.50 bits per heavy atom. The summed E-state index contributed by atoms with van der Waals surface area (Å²) >= 11 is 0. The molecular weight excluding hydrogens is 348 g/mol. The maximum Gasteiger partial charge on any atom is 0.0947 e. The first-order valence-corrected chi connectivity index (χ1v) is 12.7. The van der Waals surface area contributed by atoms with E-state index in [4.69, 9.17) is 9.47 Å². The van der Waals surface area contributed by atoms with Crippen LogP contribution in [0, 0.1) is 5.92 Å². The molecule has 3 rings (SSSR count). The lowest BCUT2D eigenvalue weighted by atomic mass is 9.73. The van der Waals surface area contributed by atoms with Gasteiger partial charge in [-0.15, -0.1) is 0 Å². The Morgan fingerprint density at radius 1 is 0.821 bits per heavy atom. The molecule has 0 radical (unpaired) electrons. The highest BCUT2D eigenvalue weighted by Gasteiger charge is 2.47. The fraction of sp³-hybridized carbons (Fsp3) is 1.00. The van der Waals surface area contributed by atoms with Crippen molar-refractivity contribution in [3.05, 3.63) is 0 Å². The molecule has 3 saturated carbocycles. The van der Waals surface area contributed by atoms with Crippen molar-refractivity contribution in [1.29, 1.82) is 0 Å². The number of hydrogen-bond donors (Lipinski definition) is 1. The van der Waals surface area contributed by atoms with E-state index < -0.39 is 0 Å². The highest BCUT2D eigenvalue weighted by molar-refractivity contribution is 4.97. The fourth-order valence-electron chi connectivity index (χ4n) is 5.87. The van der Waals surface area contributed by atoms with E-state index in [0.29, 0.717) is 24.7 Å². The Hall–Kier alpha value is -0.120. The zero-order valence-electron chi connectivity index (χ0n) is 18.5. The minimum atomic E-state index is -0.0983. The van der Waals surface area contributed by atoms with Crippen LogP contribution < -0.4 is 0 Å². The maximum absolute atomic E-state index is 9.86. The van der Waals surface area contributed by atoms with Gasteiger partial charge < -0.3 is 14.6 Å². The van der Waals surface area contributed by atoms with Crippen molar-refractivity contribution in [2.24, 2.45) is 5.92 Å². The summed E-state index contributed by atoms with van der Waals surface area (Å²) in [5.41, 5.74) is -0.0983. The van der Waals surface area contributed by atoms with Crippen LogP contribution >= 0.6 is 0 Å². The fourth-order valence-corrected chi connectivity index (χ4v) is 5.87. The minimum absolute atomic E-state index is 0.0983. The molecule has 28 heavy (non-hydrogen) atoms. The van der Waals surface area contributed by atoms with E-state index >= 15 is 0 Å². The molecule has 3 aliphatic rings. The van der Waals surface area contributed by atoms with E-state index in [1.807, 2.05) is 0 Å². The smallest absolute Gasteiger partial charge is 0.0947 e. The Balaban J connectivity index is 1.71. The SMILES string of the molecule is CCCCCCC1(OC2CCCCC2)CCC(CO)CC1OC1CCCCC1. The molecule has 164 valence electrons. The number of rotatable bonds is 10. The van der Waals surface area contributed by atoms with Gasteiger partial charge >= 0.3 is 0 Å². The Kier molecular flexibility index (Phi) is 9.60. The van der Waals surface area contributed by atoms with Crippen molar-refractivity contribution in [3.8, 4) is 0 Å². The van der Waals surface area contributed by atoms with Gasteiger partial charge in [-0.2, -0.15) is 0 Å². The van der Waals surface area contributed by atoms with Gasteiger partial charge in [0.2, 0.25) is 0 Å². The van der Waals surface area contributed by atoms with Crippen molar-refractivity contribution < 1.29 is 14.6 Å². The summed E-state index contributed by atoms with van der Waals surface area (Å²) in [6.07, 6.45) is 23.5. The number of aliphatic hydroxyl groups excluding tert-OH is 1. The number of ether oxygens (including phenoxy) is 2.